The molecular weight excluding hydrogens is 284 g/mol. The first-order valence-electron chi connectivity index (χ1n) is 6.59. The molecule has 5 heteroatoms. The number of hydrogen-bond acceptors (Lipinski definition) is 5. The van der Waals surface area contributed by atoms with E-state index in [1.54, 1.807) is 36.4 Å². The van der Waals surface area contributed by atoms with Gasteiger partial charge in [-0.15, -0.1) is 0 Å². The van der Waals surface area contributed by atoms with Crippen molar-refractivity contribution >= 4 is 11.8 Å². The SMILES string of the molecule is COc1cc(OC)cc(C(=O)c2cccc(OC(C)=O)c2)c1. The van der Waals surface area contributed by atoms with Crippen LogP contribution in [0.15, 0.2) is 42.5 Å². The van der Waals surface area contributed by atoms with Crippen LogP contribution in [0.2, 0.25) is 0 Å². The second kappa shape index (κ2) is 6.76. The highest BCUT2D eigenvalue weighted by atomic mass is 16.5. The molecule has 2 rings (SSSR count). The maximum Gasteiger partial charge on any atom is 0.308 e. The van der Waals surface area contributed by atoms with Crippen LogP contribution < -0.4 is 14.2 Å². The fourth-order valence-electron chi connectivity index (χ4n) is 1.97. The summed E-state index contributed by atoms with van der Waals surface area (Å²) >= 11 is 0. The first kappa shape index (κ1) is 15.6. The minimum absolute atomic E-state index is 0.216. The van der Waals surface area contributed by atoms with E-state index in [4.69, 9.17) is 14.2 Å². The van der Waals surface area contributed by atoms with Gasteiger partial charge in [0.05, 0.1) is 14.2 Å². The number of hydrogen-bond donors (Lipinski definition) is 0. The molecule has 0 fully saturated rings. The molecule has 0 saturated heterocycles. The molecule has 0 spiro atoms. The van der Waals surface area contributed by atoms with Gasteiger partial charge in [-0.25, -0.2) is 0 Å². The van der Waals surface area contributed by atoms with Crippen LogP contribution in [-0.4, -0.2) is 26.0 Å². The number of benzene rings is 2. The number of carbonyl (C=O) groups excluding carboxylic acids is 2. The van der Waals surface area contributed by atoms with E-state index < -0.39 is 5.97 Å². The Morgan fingerprint density at radius 3 is 1.95 bits per heavy atom. The highest BCUT2D eigenvalue weighted by molar-refractivity contribution is 6.09. The van der Waals surface area contributed by atoms with E-state index in [0.717, 1.165) is 0 Å². The molecule has 0 aliphatic heterocycles. The first-order valence-corrected chi connectivity index (χ1v) is 6.59. The lowest BCUT2D eigenvalue weighted by Crippen LogP contribution is -2.05. The molecule has 0 amide bonds. The van der Waals surface area contributed by atoms with E-state index in [2.05, 4.69) is 0 Å². The molecule has 5 nitrogen and oxygen atoms in total. The zero-order valence-electron chi connectivity index (χ0n) is 12.6. The van der Waals surface area contributed by atoms with Crippen molar-refractivity contribution < 1.29 is 23.8 Å². The van der Waals surface area contributed by atoms with Gasteiger partial charge in [-0.2, -0.15) is 0 Å². The van der Waals surface area contributed by atoms with Gasteiger partial charge in [0, 0.05) is 24.1 Å². The van der Waals surface area contributed by atoms with Crippen molar-refractivity contribution in [3.63, 3.8) is 0 Å². The second-order valence-corrected chi connectivity index (χ2v) is 4.55. The monoisotopic (exact) mass is 300 g/mol. The number of ketones is 1. The maximum absolute atomic E-state index is 12.6. The van der Waals surface area contributed by atoms with Gasteiger partial charge in [0.2, 0.25) is 0 Å². The summed E-state index contributed by atoms with van der Waals surface area (Å²) in [5, 5.41) is 0. The van der Waals surface area contributed by atoms with E-state index in [9.17, 15) is 9.59 Å². The van der Waals surface area contributed by atoms with Gasteiger partial charge in [0.25, 0.3) is 0 Å². The lowest BCUT2D eigenvalue weighted by molar-refractivity contribution is -0.131. The maximum atomic E-state index is 12.6. The van der Waals surface area contributed by atoms with Gasteiger partial charge in [-0.05, 0) is 24.3 Å². The summed E-state index contributed by atoms with van der Waals surface area (Å²) in [6, 6.07) is 11.4. The second-order valence-electron chi connectivity index (χ2n) is 4.55. The van der Waals surface area contributed by atoms with Gasteiger partial charge >= 0.3 is 5.97 Å². The van der Waals surface area contributed by atoms with Gasteiger partial charge < -0.3 is 14.2 Å². The van der Waals surface area contributed by atoms with E-state index in [1.807, 2.05) is 0 Å². The Kier molecular flexibility index (Phi) is 4.78. The zero-order chi connectivity index (χ0) is 16.1. The average molecular weight is 300 g/mol. The molecule has 0 aliphatic rings. The Morgan fingerprint density at radius 2 is 1.41 bits per heavy atom. The zero-order valence-corrected chi connectivity index (χ0v) is 12.6. The van der Waals surface area contributed by atoms with Crippen molar-refractivity contribution in [3.8, 4) is 17.2 Å². The van der Waals surface area contributed by atoms with E-state index in [1.165, 1.54) is 27.2 Å². The van der Waals surface area contributed by atoms with Crippen LogP contribution in [0.25, 0.3) is 0 Å². The van der Waals surface area contributed by atoms with Crippen molar-refractivity contribution in [2.24, 2.45) is 0 Å². The Morgan fingerprint density at radius 1 is 0.818 bits per heavy atom. The molecule has 0 radical (unpaired) electrons. The van der Waals surface area contributed by atoms with Gasteiger partial charge in [-0.3, -0.25) is 9.59 Å². The minimum atomic E-state index is -0.437. The molecule has 2 aromatic carbocycles. The van der Waals surface area contributed by atoms with Crippen LogP contribution >= 0.6 is 0 Å². The van der Waals surface area contributed by atoms with Crippen molar-refractivity contribution in [3.05, 3.63) is 53.6 Å². The first-order chi connectivity index (χ1) is 10.5. The average Bonchev–Trinajstić information content (AvgIpc) is 2.53. The molecular formula is C17H16O5. The molecule has 114 valence electrons. The summed E-state index contributed by atoms with van der Waals surface area (Å²) in [5.41, 5.74) is 0.838. The Labute approximate surface area is 128 Å². The molecule has 0 aliphatic carbocycles. The summed E-state index contributed by atoms with van der Waals surface area (Å²) < 4.78 is 15.3. The lowest BCUT2D eigenvalue weighted by atomic mass is 10.0. The molecule has 0 aromatic heterocycles. The quantitative estimate of drug-likeness (QED) is 0.483. The molecule has 0 atom stereocenters. The van der Waals surface area contributed by atoms with Crippen LogP contribution in [0.4, 0.5) is 0 Å². The summed E-state index contributed by atoms with van der Waals surface area (Å²) in [7, 11) is 3.04. The predicted molar refractivity (Wildman–Crippen MR) is 80.7 cm³/mol. The van der Waals surface area contributed by atoms with Gasteiger partial charge in [0.1, 0.15) is 17.2 Å². The fraction of sp³-hybridized carbons (Fsp3) is 0.176. The standard InChI is InChI=1S/C17H16O5/c1-11(18)22-14-6-4-5-12(7-14)17(19)13-8-15(20-2)10-16(9-13)21-3/h4-10H,1-3H3. The fourth-order valence-corrected chi connectivity index (χ4v) is 1.97. The number of esters is 1. The van der Waals surface area contributed by atoms with Crippen LogP contribution in [0.5, 0.6) is 17.2 Å². The van der Waals surface area contributed by atoms with Gasteiger partial charge in [0.15, 0.2) is 5.78 Å². The lowest BCUT2D eigenvalue weighted by Gasteiger charge is -2.08. The summed E-state index contributed by atoms with van der Waals surface area (Å²) in [5.74, 6) is 0.727. The molecule has 22 heavy (non-hydrogen) atoms. The normalized spacial score (nSPS) is 9.95. The summed E-state index contributed by atoms with van der Waals surface area (Å²) in [4.78, 5) is 23.6. The van der Waals surface area contributed by atoms with Crippen molar-refractivity contribution in [2.45, 2.75) is 6.92 Å². The van der Waals surface area contributed by atoms with Crippen LogP contribution in [0.1, 0.15) is 22.8 Å². The molecule has 0 bridgehead atoms. The summed E-state index contributed by atoms with van der Waals surface area (Å²) in [6.45, 7) is 1.31. The highest BCUT2D eigenvalue weighted by Gasteiger charge is 2.13. The molecule has 2 aromatic rings. The smallest absolute Gasteiger partial charge is 0.308 e. The van der Waals surface area contributed by atoms with E-state index >= 15 is 0 Å². The third-order valence-electron chi connectivity index (χ3n) is 2.97. The van der Waals surface area contributed by atoms with Crippen LogP contribution in [0, 0.1) is 0 Å². The molecule has 0 saturated carbocycles. The van der Waals surface area contributed by atoms with Crippen molar-refractivity contribution in [1.82, 2.24) is 0 Å². The third-order valence-corrected chi connectivity index (χ3v) is 2.97. The van der Waals surface area contributed by atoms with Crippen molar-refractivity contribution in [2.75, 3.05) is 14.2 Å². The Bertz CT molecular complexity index is 684. The number of methoxy groups -OCH3 is 2. The minimum Gasteiger partial charge on any atom is -0.497 e. The number of ether oxygens (including phenoxy) is 3. The number of rotatable bonds is 5. The Balaban J connectivity index is 2.37. The third kappa shape index (κ3) is 3.63. The van der Waals surface area contributed by atoms with E-state index in [0.29, 0.717) is 28.4 Å². The molecule has 0 unspecified atom stereocenters. The molecule has 0 N–H and O–H groups in total. The largest absolute Gasteiger partial charge is 0.497 e. The van der Waals surface area contributed by atoms with E-state index in [-0.39, 0.29) is 5.78 Å². The topological polar surface area (TPSA) is 61.8 Å². The van der Waals surface area contributed by atoms with Gasteiger partial charge in [-0.1, -0.05) is 12.1 Å². The van der Waals surface area contributed by atoms with Crippen LogP contribution in [0.3, 0.4) is 0 Å². The summed E-state index contributed by atoms with van der Waals surface area (Å²) in [6.07, 6.45) is 0. The van der Waals surface area contributed by atoms with Crippen LogP contribution in [-0.2, 0) is 4.79 Å². The highest BCUT2D eigenvalue weighted by Crippen LogP contribution is 2.25. The number of carbonyl (C=O) groups is 2. The Hall–Kier alpha value is -2.82. The van der Waals surface area contributed by atoms with Crippen molar-refractivity contribution in [1.29, 1.82) is 0 Å². The predicted octanol–water partition coefficient (Wildman–Crippen LogP) is 2.86. The molecule has 0 heterocycles.